The fourth-order valence-corrected chi connectivity index (χ4v) is 1.35. The van der Waals surface area contributed by atoms with Gasteiger partial charge >= 0.3 is 0 Å². The van der Waals surface area contributed by atoms with E-state index < -0.39 is 0 Å². The first-order valence-corrected chi connectivity index (χ1v) is 6.07. The summed E-state index contributed by atoms with van der Waals surface area (Å²) in [5.74, 6) is 3.02. The molecular weight excluding hydrogens is 214 g/mol. The first-order chi connectivity index (χ1) is 8.01. The maximum Gasteiger partial charge on any atom is 0.132 e. The summed E-state index contributed by atoms with van der Waals surface area (Å²) in [6.07, 6.45) is 0. The highest BCUT2D eigenvalue weighted by Gasteiger charge is 2.04. The van der Waals surface area contributed by atoms with Crippen molar-refractivity contribution >= 4 is 11.6 Å². The Bertz CT molecular complexity index is 351. The SMILES string of the molecule is Cc1nc(NCC(C)C)cc(NC(C)CN)n1. The van der Waals surface area contributed by atoms with E-state index in [2.05, 4.69) is 34.4 Å². The van der Waals surface area contributed by atoms with Crippen molar-refractivity contribution in [2.75, 3.05) is 23.7 Å². The topological polar surface area (TPSA) is 75.9 Å². The Balaban J connectivity index is 2.72. The van der Waals surface area contributed by atoms with E-state index in [1.807, 2.05) is 19.9 Å². The third-order valence-electron chi connectivity index (χ3n) is 2.28. The average molecular weight is 237 g/mol. The first kappa shape index (κ1) is 13.7. The molecule has 1 aromatic heterocycles. The minimum atomic E-state index is 0.210. The molecule has 0 aliphatic rings. The minimum absolute atomic E-state index is 0.210. The number of aryl methyl sites for hydroxylation is 1. The van der Waals surface area contributed by atoms with Crippen LogP contribution in [0, 0.1) is 12.8 Å². The summed E-state index contributed by atoms with van der Waals surface area (Å²) in [5, 5.41) is 6.54. The second-order valence-electron chi connectivity index (χ2n) is 4.74. The lowest BCUT2D eigenvalue weighted by molar-refractivity contribution is 0.686. The number of aromatic nitrogens is 2. The molecular formula is C12H23N5. The van der Waals surface area contributed by atoms with Crippen LogP contribution < -0.4 is 16.4 Å². The van der Waals surface area contributed by atoms with Gasteiger partial charge in [0.05, 0.1) is 0 Å². The van der Waals surface area contributed by atoms with Crippen LogP contribution in [-0.4, -0.2) is 29.1 Å². The van der Waals surface area contributed by atoms with Crippen LogP contribution in [0.4, 0.5) is 11.6 Å². The van der Waals surface area contributed by atoms with Crippen LogP contribution in [0.1, 0.15) is 26.6 Å². The van der Waals surface area contributed by atoms with Crippen molar-refractivity contribution in [3.63, 3.8) is 0 Å². The Kier molecular flexibility index (Phi) is 5.15. The standard InChI is InChI=1S/C12H23N5/c1-8(2)7-14-11-5-12(15-9(3)6-13)17-10(4)16-11/h5,8-9H,6-7,13H2,1-4H3,(H2,14,15,16,17). The molecule has 0 saturated heterocycles. The monoisotopic (exact) mass is 237 g/mol. The van der Waals surface area contributed by atoms with Crippen LogP contribution in [0.15, 0.2) is 6.07 Å². The largest absolute Gasteiger partial charge is 0.370 e. The number of hydrogen-bond acceptors (Lipinski definition) is 5. The van der Waals surface area contributed by atoms with Crippen molar-refractivity contribution in [1.29, 1.82) is 0 Å². The van der Waals surface area contributed by atoms with Gasteiger partial charge in [-0.3, -0.25) is 0 Å². The zero-order chi connectivity index (χ0) is 12.8. The molecule has 0 radical (unpaired) electrons. The Labute approximate surface area is 103 Å². The summed E-state index contributed by atoms with van der Waals surface area (Å²) in [7, 11) is 0. The Morgan fingerprint density at radius 1 is 1.24 bits per heavy atom. The summed E-state index contributed by atoms with van der Waals surface area (Å²) in [6.45, 7) is 9.73. The van der Waals surface area contributed by atoms with E-state index >= 15 is 0 Å². The number of nitrogens with zero attached hydrogens (tertiary/aromatic N) is 2. The molecule has 0 fully saturated rings. The molecule has 0 spiro atoms. The van der Waals surface area contributed by atoms with Gasteiger partial charge in [-0.15, -0.1) is 0 Å². The molecule has 0 bridgehead atoms. The van der Waals surface area contributed by atoms with Crippen LogP contribution in [0.25, 0.3) is 0 Å². The Morgan fingerprint density at radius 3 is 2.47 bits per heavy atom. The van der Waals surface area contributed by atoms with Crippen molar-refractivity contribution in [2.45, 2.75) is 33.7 Å². The van der Waals surface area contributed by atoms with Crippen molar-refractivity contribution in [3.8, 4) is 0 Å². The van der Waals surface area contributed by atoms with Crippen LogP contribution in [0.5, 0.6) is 0 Å². The third-order valence-corrected chi connectivity index (χ3v) is 2.28. The number of rotatable bonds is 6. The summed E-state index contributed by atoms with van der Waals surface area (Å²) in [4.78, 5) is 8.68. The zero-order valence-corrected chi connectivity index (χ0v) is 11.1. The molecule has 96 valence electrons. The lowest BCUT2D eigenvalue weighted by Gasteiger charge is -2.14. The van der Waals surface area contributed by atoms with Gasteiger partial charge in [0, 0.05) is 25.2 Å². The molecule has 1 heterocycles. The summed E-state index contributed by atoms with van der Waals surface area (Å²) in [6, 6.07) is 2.13. The molecule has 1 unspecified atom stereocenters. The highest BCUT2D eigenvalue weighted by Crippen LogP contribution is 2.12. The fraction of sp³-hybridized carbons (Fsp3) is 0.667. The predicted octanol–water partition coefficient (Wildman–Crippen LogP) is 1.61. The summed E-state index contributed by atoms with van der Waals surface area (Å²) >= 11 is 0. The van der Waals surface area contributed by atoms with E-state index in [0.717, 1.165) is 24.0 Å². The van der Waals surface area contributed by atoms with Gasteiger partial charge in [0.15, 0.2) is 0 Å². The summed E-state index contributed by atoms with van der Waals surface area (Å²) < 4.78 is 0. The molecule has 0 saturated carbocycles. The van der Waals surface area contributed by atoms with E-state index in [9.17, 15) is 0 Å². The van der Waals surface area contributed by atoms with Gasteiger partial charge in [0.2, 0.25) is 0 Å². The Morgan fingerprint density at radius 2 is 1.88 bits per heavy atom. The van der Waals surface area contributed by atoms with E-state index in [1.54, 1.807) is 0 Å². The van der Waals surface area contributed by atoms with Crippen LogP contribution in [0.2, 0.25) is 0 Å². The van der Waals surface area contributed by atoms with Crippen LogP contribution >= 0.6 is 0 Å². The maximum absolute atomic E-state index is 5.57. The van der Waals surface area contributed by atoms with Gasteiger partial charge in [0.1, 0.15) is 17.5 Å². The number of hydrogen-bond donors (Lipinski definition) is 3. The van der Waals surface area contributed by atoms with Gasteiger partial charge in [0.25, 0.3) is 0 Å². The normalized spacial score (nSPS) is 12.6. The fourth-order valence-electron chi connectivity index (χ4n) is 1.35. The molecule has 5 heteroatoms. The maximum atomic E-state index is 5.57. The van der Waals surface area contributed by atoms with Crippen molar-refractivity contribution in [3.05, 3.63) is 11.9 Å². The summed E-state index contributed by atoms with van der Waals surface area (Å²) in [5.41, 5.74) is 5.57. The lowest BCUT2D eigenvalue weighted by Crippen LogP contribution is -2.26. The van der Waals surface area contributed by atoms with Crippen molar-refractivity contribution < 1.29 is 0 Å². The van der Waals surface area contributed by atoms with Gasteiger partial charge in [-0.2, -0.15) is 0 Å². The molecule has 17 heavy (non-hydrogen) atoms. The second kappa shape index (κ2) is 6.39. The highest BCUT2D eigenvalue weighted by atomic mass is 15.1. The Hall–Kier alpha value is -1.36. The quantitative estimate of drug-likeness (QED) is 0.701. The zero-order valence-electron chi connectivity index (χ0n) is 11.1. The predicted molar refractivity (Wildman–Crippen MR) is 72.2 cm³/mol. The molecule has 0 amide bonds. The van der Waals surface area contributed by atoms with E-state index in [1.165, 1.54) is 0 Å². The van der Waals surface area contributed by atoms with Gasteiger partial charge in [-0.1, -0.05) is 13.8 Å². The second-order valence-corrected chi connectivity index (χ2v) is 4.74. The number of nitrogens with one attached hydrogen (secondary N) is 2. The molecule has 0 aliphatic carbocycles. The van der Waals surface area contributed by atoms with E-state index in [-0.39, 0.29) is 6.04 Å². The van der Waals surface area contributed by atoms with Crippen molar-refractivity contribution in [2.24, 2.45) is 11.7 Å². The van der Waals surface area contributed by atoms with E-state index in [4.69, 9.17) is 5.73 Å². The third kappa shape index (κ3) is 4.99. The van der Waals surface area contributed by atoms with Gasteiger partial charge < -0.3 is 16.4 Å². The molecule has 1 rings (SSSR count). The average Bonchev–Trinajstić information content (AvgIpc) is 2.25. The van der Waals surface area contributed by atoms with Crippen LogP contribution in [0.3, 0.4) is 0 Å². The minimum Gasteiger partial charge on any atom is -0.370 e. The lowest BCUT2D eigenvalue weighted by atomic mass is 10.2. The number of anilines is 2. The molecule has 4 N–H and O–H groups in total. The van der Waals surface area contributed by atoms with Gasteiger partial charge in [-0.05, 0) is 19.8 Å². The molecule has 0 aromatic carbocycles. The number of nitrogens with two attached hydrogens (primary N) is 1. The smallest absolute Gasteiger partial charge is 0.132 e. The molecule has 1 aromatic rings. The first-order valence-electron chi connectivity index (χ1n) is 6.07. The molecule has 5 nitrogen and oxygen atoms in total. The van der Waals surface area contributed by atoms with Gasteiger partial charge in [-0.25, -0.2) is 9.97 Å². The van der Waals surface area contributed by atoms with E-state index in [0.29, 0.717) is 12.5 Å². The molecule has 0 aliphatic heterocycles. The van der Waals surface area contributed by atoms with Crippen molar-refractivity contribution in [1.82, 2.24) is 9.97 Å². The van der Waals surface area contributed by atoms with Crippen LogP contribution in [-0.2, 0) is 0 Å². The highest BCUT2D eigenvalue weighted by molar-refractivity contribution is 5.48. The molecule has 1 atom stereocenters.